The van der Waals surface area contributed by atoms with Crippen LogP contribution in [-0.2, 0) is 10.0 Å². The number of nitrogens with zero attached hydrogens (tertiary/aromatic N) is 1. The van der Waals surface area contributed by atoms with E-state index in [2.05, 4.69) is 10.6 Å². The predicted octanol–water partition coefficient (Wildman–Crippen LogP) is 1.73. The van der Waals surface area contributed by atoms with Gasteiger partial charge >= 0.3 is 6.03 Å². The maximum Gasteiger partial charge on any atom is 0.315 e. The van der Waals surface area contributed by atoms with E-state index < -0.39 is 15.6 Å². The van der Waals surface area contributed by atoms with Crippen molar-refractivity contribution in [2.45, 2.75) is 24.3 Å². The van der Waals surface area contributed by atoms with Crippen LogP contribution in [0, 0.1) is 13.8 Å². The molecule has 2 aromatic rings. The van der Waals surface area contributed by atoms with Crippen molar-refractivity contribution < 1.29 is 18.3 Å². The fraction of sp³-hybridized carbons (Fsp3) is 0.316. The molecule has 8 heteroatoms. The number of phenolic OH excluding ortho intramolecular Hbond substituents is 1. The number of carbonyl (C=O) groups is 1. The van der Waals surface area contributed by atoms with Gasteiger partial charge in [-0.3, -0.25) is 0 Å². The molecule has 2 saturated heterocycles. The third-order valence-electron chi connectivity index (χ3n) is 5.29. The highest BCUT2D eigenvalue weighted by molar-refractivity contribution is 7.89. The third kappa shape index (κ3) is 2.94. The summed E-state index contributed by atoms with van der Waals surface area (Å²) in [5, 5.41) is 15.3. The van der Waals surface area contributed by atoms with E-state index in [4.69, 9.17) is 0 Å². The molecule has 2 fully saturated rings. The van der Waals surface area contributed by atoms with E-state index in [0.29, 0.717) is 17.7 Å². The van der Waals surface area contributed by atoms with Gasteiger partial charge in [0.15, 0.2) is 0 Å². The van der Waals surface area contributed by atoms with Crippen LogP contribution in [-0.4, -0.2) is 49.0 Å². The van der Waals surface area contributed by atoms with Gasteiger partial charge < -0.3 is 15.7 Å². The first-order valence-corrected chi connectivity index (χ1v) is 10.1. The third-order valence-corrected chi connectivity index (χ3v) is 7.13. The molecule has 0 aromatic heterocycles. The molecule has 0 atom stereocenters. The van der Waals surface area contributed by atoms with Crippen molar-refractivity contribution in [2.75, 3.05) is 19.6 Å². The number of urea groups is 1. The smallest absolute Gasteiger partial charge is 0.315 e. The van der Waals surface area contributed by atoms with Crippen LogP contribution in [0.5, 0.6) is 5.75 Å². The average Bonchev–Trinajstić information content (AvgIpc) is 2.98. The molecule has 1 spiro atoms. The van der Waals surface area contributed by atoms with Gasteiger partial charge in [0, 0.05) is 25.2 Å². The van der Waals surface area contributed by atoms with E-state index in [1.807, 2.05) is 19.9 Å². The van der Waals surface area contributed by atoms with Gasteiger partial charge in [-0.2, -0.15) is 4.31 Å². The fourth-order valence-corrected chi connectivity index (χ4v) is 5.50. The quantitative estimate of drug-likeness (QED) is 0.747. The van der Waals surface area contributed by atoms with Crippen molar-refractivity contribution >= 4 is 16.1 Å². The molecule has 4 rings (SSSR count). The topological polar surface area (TPSA) is 98.7 Å². The first-order valence-electron chi connectivity index (χ1n) is 8.67. The summed E-state index contributed by atoms with van der Waals surface area (Å²) < 4.78 is 28.0. The Balaban J connectivity index is 1.75. The van der Waals surface area contributed by atoms with Crippen LogP contribution in [0.1, 0.15) is 11.1 Å². The summed E-state index contributed by atoms with van der Waals surface area (Å²) in [4.78, 5) is 11.6. The Morgan fingerprint density at radius 2 is 1.81 bits per heavy atom. The van der Waals surface area contributed by atoms with Crippen molar-refractivity contribution in [1.29, 1.82) is 0 Å². The van der Waals surface area contributed by atoms with E-state index in [1.54, 1.807) is 30.3 Å². The number of aryl methyl sites for hydroxylation is 2. The lowest BCUT2D eigenvalue weighted by atomic mass is 9.94. The van der Waals surface area contributed by atoms with Gasteiger partial charge in [0.25, 0.3) is 0 Å². The monoisotopic (exact) mass is 387 g/mol. The Morgan fingerprint density at radius 1 is 1.11 bits per heavy atom. The highest BCUT2D eigenvalue weighted by atomic mass is 32.2. The number of amides is 2. The number of hydrogen-bond acceptors (Lipinski definition) is 4. The average molecular weight is 387 g/mol. The van der Waals surface area contributed by atoms with Crippen molar-refractivity contribution in [3.05, 3.63) is 47.5 Å². The van der Waals surface area contributed by atoms with E-state index in [1.165, 1.54) is 4.31 Å². The van der Waals surface area contributed by atoms with Gasteiger partial charge in [-0.15, -0.1) is 0 Å². The van der Waals surface area contributed by atoms with Crippen LogP contribution >= 0.6 is 0 Å². The molecule has 27 heavy (non-hydrogen) atoms. The van der Waals surface area contributed by atoms with Gasteiger partial charge in [-0.1, -0.05) is 12.1 Å². The molecule has 3 N–H and O–H groups in total. The number of rotatable bonds is 3. The van der Waals surface area contributed by atoms with Crippen molar-refractivity contribution in [2.24, 2.45) is 0 Å². The van der Waals surface area contributed by atoms with E-state index in [-0.39, 0.29) is 29.8 Å². The number of phenols is 1. The molecule has 0 unspecified atom stereocenters. The highest BCUT2D eigenvalue weighted by Gasteiger charge is 2.52. The molecule has 2 aromatic carbocycles. The summed E-state index contributed by atoms with van der Waals surface area (Å²) in [6.07, 6.45) is 0. The molecular weight excluding hydrogens is 366 g/mol. The van der Waals surface area contributed by atoms with Crippen molar-refractivity contribution in [1.82, 2.24) is 14.9 Å². The Bertz CT molecular complexity index is 1040. The predicted molar refractivity (Wildman–Crippen MR) is 101 cm³/mol. The number of hydrogen-bond donors (Lipinski definition) is 3. The van der Waals surface area contributed by atoms with Crippen LogP contribution in [0.15, 0.2) is 41.3 Å². The molecule has 7 nitrogen and oxygen atoms in total. The standard InChI is InChI=1S/C19H21N3O4S/c1-12-6-16(14-4-3-5-15(23)8-14)17(7-13(12)2)27(25,26)22-10-19(11-22)9-20-18(24)21-19/h3-8,23H,9-11H2,1-2H3,(H2,20,21,24). The maximum atomic E-state index is 13.3. The molecule has 0 bridgehead atoms. The minimum Gasteiger partial charge on any atom is -0.508 e. The van der Waals surface area contributed by atoms with Gasteiger partial charge in [-0.05, 0) is 54.8 Å². The molecule has 0 aliphatic carbocycles. The summed E-state index contributed by atoms with van der Waals surface area (Å²) in [6.45, 7) is 4.70. The lowest BCUT2D eigenvalue weighted by Crippen LogP contribution is -2.69. The molecule has 142 valence electrons. The number of sulfonamides is 1. The summed E-state index contributed by atoms with van der Waals surface area (Å²) >= 11 is 0. The zero-order chi connectivity index (χ0) is 19.4. The summed E-state index contributed by atoms with van der Waals surface area (Å²) in [5.74, 6) is 0.0803. The normalized spacial score (nSPS) is 18.8. The lowest BCUT2D eigenvalue weighted by molar-refractivity contribution is 0.149. The minimum atomic E-state index is -3.74. The highest BCUT2D eigenvalue weighted by Crippen LogP contribution is 2.36. The van der Waals surface area contributed by atoms with E-state index in [0.717, 1.165) is 11.1 Å². The van der Waals surface area contributed by atoms with Gasteiger partial charge in [0.2, 0.25) is 10.0 Å². The lowest BCUT2D eigenvalue weighted by Gasteiger charge is -2.45. The van der Waals surface area contributed by atoms with Crippen LogP contribution in [0.2, 0.25) is 0 Å². The van der Waals surface area contributed by atoms with Crippen LogP contribution in [0.25, 0.3) is 11.1 Å². The second kappa shape index (κ2) is 5.97. The summed E-state index contributed by atoms with van der Waals surface area (Å²) in [7, 11) is -3.74. The molecule has 2 heterocycles. The fourth-order valence-electron chi connectivity index (χ4n) is 3.61. The zero-order valence-electron chi connectivity index (χ0n) is 15.1. The summed E-state index contributed by atoms with van der Waals surface area (Å²) in [5.41, 5.74) is 2.53. The molecule has 2 amide bonds. The number of nitrogens with one attached hydrogen (secondary N) is 2. The Morgan fingerprint density at radius 3 is 2.44 bits per heavy atom. The minimum absolute atomic E-state index is 0.0803. The van der Waals surface area contributed by atoms with Gasteiger partial charge in [0.1, 0.15) is 5.75 Å². The second-order valence-corrected chi connectivity index (χ2v) is 9.25. The Labute approximate surface area is 158 Å². The maximum absolute atomic E-state index is 13.3. The largest absolute Gasteiger partial charge is 0.508 e. The number of carbonyl (C=O) groups excluding carboxylic acids is 1. The molecular formula is C19H21N3O4S. The molecule has 2 aliphatic rings. The van der Waals surface area contributed by atoms with Gasteiger partial charge in [-0.25, -0.2) is 13.2 Å². The summed E-state index contributed by atoms with van der Waals surface area (Å²) in [6, 6.07) is 9.83. The van der Waals surface area contributed by atoms with Crippen LogP contribution in [0.4, 0.5) is 4.79 Å². The van der Waals surface area contributed by atoms with Crippen molar-refractivity contribution in [3.8, 4) is 16.9 Å². The molecule has 2 aliphatic heterocycles. The zero-order valence-corrected chi connectivity index (χ0v) is 15.9. The first-order chi connectivity index (χ1) is 12.7. The second-order valence-electron chi connectivity index (χ2n) is 7.34. The Kier molecular flexibility index (Phi) is 3.94. The Hall–Kier alpha value is -2.58. The van der Waals surface area contributed by atoms with Crippen LogP contribution in [0.3, 0.4) is 0 Å². The van der Waals surface area contributed by atoms with E-state index >= 15 is 0 Å². The molecule has 0 radical (unpaired) electrons. The number of aromatic hydroxyl groups is 1. The molecule has 0 saturated carbocycles. The van der Waals surface area contributed by atoms with Crippen molar-refractivity contribution in [3.63, 3.8) is 0 Å². The number of benzene rings is 2. The SMILES string of the molecule is Cc1cc(-c2cccc(O)c2)c(S(=O)(=O)N2CC3(CNC(=O)N3)C2)cc1C. The van der Waals surface area contributed by atoms with Gasteiger partial charge in [0.05, 0.1) is 10.4 Å². The van der Waals surface area contributed by atoms with E-state index in [9.17, 15) is 18.3 Å². The van der Waals surface area contributed by atoms with Crippen LogP contribution < -0.4 is 10.6 Å². The first kappa shape index (κ1) is 17.8.